The van der Waals surface area contributed by atoms with Crippen LogP contribution in [0.4, 0.5) is 0 Å². The van der Waals surface area contributed by atoms with Gasteiger partial charge in [-0.3, -0.25) is 9.59 Å². The molecule has 0 saturated heterocycles. The summed E-state index contributed by atoms with van der Waals surface area (Å²) in [7, 11) is 0. The van der Waals surface area contributed by atoms with E-state index in [0.29, 0.717) is 19.4 Å². The lowest BCUT2D eigenvalue weighted by atomic mass is 10.1. The summed E-state index contributed by atoms with van der Waals surface area (Å²) in [5.41, 5.74) is 0. The summed E-state index contributed by atoms with van der Waals surface area (Å²) >= 11 is 0. The van der Waals surface area contributed by atoms with Gasteiger partial charge >= 0.3 is 11.9 Å². The summed E-state index contributed by atoms with van der Waals surface area (Å²) in [4.78, 5) is 25.5. The monoisotopic (exact) mass is 915 g/mol. The van der Waals surface area contributed by atoms with E-state index >= 15 is 0 Å². The summed E-state index contributed by atoms with van der Waals surface area (Å²) in [6, 6.07) is 0. The fourth-order valence-electron chi connectivity index (χ4n) is 7.25. The summed E-state index contributed by atoms with van der Waals surface area (Å²) in [6.07, 6.45) is 76.8. The van der Waals surface area contributed by atoms with Crippen LogP contribution in [0.2, 0.25) is 0 Å². The van der Waals surface area contributed by atoms with Crippen molar-refractivity contribution in [1.82, 2.24) is 0 Å². The van der Waals surface area contributed by atoms with Crippen LogP contribution in [-0.2, 0) is 23.8 Å². The zero-order valence-electron chi connectivity index (χ0n) is 43.2. The molecule has 5 heteroatoms. The van der Waals surface area contributed by atoms with Crippen LogP contribution in [0.3, 0.4) is 0 Å². The number of carbonyl (C=O) groups is 2. The van der Waals surface area contributed by atoms with E-state index < -0.39 is 6.10 Å². The maximum atomic E-state index is 12.8. The first kappa shape index (κ1) is 62.6. The molecule has 0 spiro atoms. The molecular weight excluding hydrogens is 813 g/mol. The molecule has 0 aliphatic heterocycles. The van der Waals surface area contributed by atoms with Crippen LogP contribution >= 0.6 is 0 Å². The first-order valence-electron chi connectivity index (χ1n) is 27.4. The molecule has 0 heterocycles. The number of unbranched alkanes of at least 4 members (excludes halogenated alkanes) is 20. The first-order valence-corrected chi connectivity index (χ1v) is 27.4. The number of ether oxygens (including phenoxy) is 3. The molecule has 0 radical (unpaired) electrons. The van der Waals surface area contributed by atoms with Gasteiger partial charge in [0, 0.05) is 19.4 Å². The van der Waals surface area contributed by atoms with Gasteiger partial charge in [0.15, 0.2) is 6.10 Å². The molecule has 66 heavy (non-hydrogen) atoms. The lowest BCUT2D eigenvalue weighted by Crippen LogP contribution is -2.30. The average molecular weight is 915 g/mol. The second-order valence-electron chi connectivity index (χ2n) is 17.7. The Morgan fingerprint density at radius 1 is 0.348 bits per heavy atom. The van der Waals surface area contributed by atoms with Gasteiger partial charge in [0.1, 0.15) is 6.61 Å². The van der Waals surface area contributed by atoms with Crippen LogP contribution in [0.5, 0.6) is 0 Å². The van der Waals surface area contributed by atoms with Crippen LogP contribution in [-0.4, -0.2) is 37.9 Å². The Morgan fingerprint density at radius 2 is 0.682 bits per heavy atom. The number of hydrogen-bond acceptors (Lipinski definition) is 5. The highest BCUT2D eigenvalue weighted by Crippen LogP contribution is 2.13. The van der Waals surface area contributed by atoms with Gasteiger partial charge in [0.2, 0.25) is 0 Å². The molecule has 0 N–H and O–H groups in total. The molecule has 0 amide bonds. The van der Waals surface area contributed by atoms with E-state index in [2.05, 4.69) is 130 Å². The molecule has 0 rings (SSSR count). The molecule has 1 unspecified atom stereocenters. The SMILES string of the molecule is CC/C=C\C/C=C\C/C=C\C/C=C\C/C=C\CCCCOCC(COC(=O)CCCCCCCCC/C=C\C/C=C\C/C=C\CC)OC(=O)CCCCCCC/C=C\CCCCCCCC. The molecule has 0 aliphatic carbocycles. The number of carbonyl (C=O) groups excluding carboxylic acids is 2. The second-order valence-corrected chi connectivity index (χ2v) is 17.7. The summed E-state index contributed by atoms with van der Waals surface area (Å²) in [6.45, 7) is 7.48. The van der Waals surface area contributed by atoms with Crippen LogP contribution in [0.15, 0.2) is 109 Å². The number of hydrogen-bond donors (Lipinski definition) is 0. The number of allylic oxidation sites excluding steroid dienone is 18. The minimum Gasteiger partial charge on any atom is -0.462 e. The largest absolute Gasteiger partial charge is 0.462 e. The molecule has 0 aromatic rings. The third-order valence-electron chi connectivity index (χ3n) is 11.3. The van der Waals surface area contributed by atoms with Crippen molar-refractivity contribution in [2.24, 2.45) is 0 Å². The van der Waals surface area contributed by atoms with Crippen LogP contribution in [0.25, 0.3) is 0 Å². The normalized spacial score (nSPS) is 13.1. The third-order valence-corrected chi connectivity index (χ3v) is 11.3. The highest BCUT2D eigenvalue weighted by atomic mass is 16.6. The first-order chi connectivity index (χ1) is 32.6. The Hall–Kier alpha value is -3.44. The summed E-state index contributed by atoms with van der Waals surface area (Å²) in [5, 5.41) is 0. The summed E-state index contributed by atoms with van der Waals surface area (Å²) < 4.78 is 17.4. The minimum absolute atomic E-state index is 0.0536. The number of rotatable bonds is 49. The fraction of sp³-hybridized carbons (Fsp3) is 0.672. The van der Waals surface area contributed by atoms with E-state index in [0.717, 1.165) is 122 Å². The van der Waals surface area contributed by atoms with Crippen molar-refractivity contribution in [2.75, 3.05) is 19.8 Å². The van der Waals surface area contributed by atoms with Crippen molar-refractivity contribution in [3.05, 3.63) is 109 Å². The highest BCUT2D eigenvalue weighted by Gasteiger charge is 2.17. The molecule has 0 aliphatic rings. The van der Waals surface area contributed by atoms with Crippen molar-refractivity contribution in [2.45, 2.75) is 245 Å². The Balaban J connectivity index is 4.40. The Bertz CT molecular complexity index is 1310. The summed E-state index contributed by atoms with van der Waals surface area (Å²) in [5.74, 6) is -0.445. The second kappa shape index (κ2) is 55.9. The topological polar surface area (TPSA) is 61.8 Å². The Labute approximate surface area is 408 Å². The van der Waals surface area contributed by atoms with E-state index in [1.54, 1.807) is 0 Å². The van der Waals surface area contributed by atoms with Crippen molar-refractivity contribution in [1.29, 1.82) is 0 Å². The zero-order valence-corrected chi connectivity index (χ0v) is 43.2. The predicted molar refractivity (Wildman–Crippen MR) is 288 cm³/mol. The average Bonchev–Trinajstić information content (AvgIpc) is 3.32. The quantitative estimate of drug-likeness (QED) is 0.0346. The molecule has 0 aromatic heterocycles. The van der Waals surface area contributed by atoms with E-state index in [1.165, 1.54) is 83.5 Å². The molecule has 376 valence electrons. The van der Waals surface area contributed by atoms with E-state index in [1.807, 2.05) is 0 Å². The Morgan fingerprint density at radius 3 is 1.11 bits per heavy atom. The molecule has 0 bridgehead atoms. The van der Waals surface area contributed by atoms with Crippen molar-refractivity contribution < 1.29 is 23.8 Å². The van der Waals surface area contributed by atoms with Crippen molar-refractivity contribution >= 4 is 11.9 Å². The minimum atomic E-state index is -0.574. The molecule has 0 aromatic carbocycles. The van der Waals surface area contributed by atoms with Gasteiger partial charge in [-0.25, -0.2) is 0 Å². The van der Waals surface area contributed by atoms with Gasteiger partial charge in [-0.05, 0) is 122 Å². The van der Waals surface area contributed by atoms with Gasteiger partial charge in [-0.1, -0.05) is 214 Å². The lowest BCUT2D eigenvalue weighted by molar-refractivity contribution is -0.163. The zero-order chi connectivity index (χ0) is 47.7. The van der Waals surface area contributed by atoms with Crippen LogP contribution in [0.1, 0.15) is 239 Å². The van der Waals surface area contributed by atoms with Crippen LogP contribution < -0.4 is 0 Å². The smallest absolute Gasteiger partial charge is 0.306 e. The molecule has 5 nitrogen and oxygen atoms in total. The Kier molecular flexibility index (Phi) is 53.0. The molecule has 0 saturated carbocycles. The molecular formula is C61H102O5. The van der Waals surface area contributed by atoms with Gasteiger partial charge in [0.25, 0.3) is 0 Å². The van der Waals surface area contributed by atoms with E-state index in [-0.39, 0.29) is 25.2 Å². The van der Waals surface area contributed by atoms with E-state index in [9.17, 15) is 9.59 Å². The highest BCUT2D eigenvalue weighted by molar-refractivity contribution is 5.70. The van der Waals surface area contributed by atoms with Gasteiger partial charge < -0.3 is 14.2 Å². The van der Waals surface area contributed by atoms with E-state index in [4.69, 9.17) is 14.2 Å². The molecule has 0 fully saturated rings. The standard InChI is InChI=1S/C61H102O5/c1-4-7-10-13-16-19-22-25-28-30-32-35-38-41-44-47-50-53-56-64-57-59(66-61(63)55-52-49-46-43-40-37-33-27-24-21-18-15-12-9-6-3)58-65-60(62)54-51-48-45-42-39-36-34-31-29-26-23-20-17-14-11-8-5-2/h7-8,10-11,16-17,19-20,25-29,32-33,35,41,44,59H,4-6,9,12-15,18,21-24,30-31,34,36-40,42-43,45-58H2,1-3H3/b10-7-,11-8-,19-16-,20-17-,28-25-,29-26-,33-27-,35-32-,44-41-. The fourth-order valence-corrected chi connectivity index (χ4v) is 7.25. The van der Waals surface area contributed by atoms with Crippen molar-refractivity contribution in [3.8, 4) is 0 Å². The maximum absolute atomic E-state index is 12.8. The molecule has 1 atom stereocenters. The van der Waals surface area contributed by atoms with Gasteiger partial charge in [-0.2, -0.15) is 0 Å². The predicted octanol–water partition coefficient (Wildman–Crippen LogP) is 18.8. The third kappa shape index (κ3) is 53.2. The van der Waals surface area contributed by atoms with Gasteiger partial charge in [0.05, 0.1) is 6.61 Å². The maximum Gasteiger partial charge on any atom is 0.306 e. The lowest BCUT2D eigenvalue weighted by Gasteiger charge is -2.18. The number of esters is 2. The van der Waals surface area contributed by atoms with Crippen LogP contribution in [0, 0.1) is 0 Å². The van der Waals surface area contributed by atoms with Gasteiger partial charge in [-0.15, -0.1) is 0 Å². The van der Waals surface area contributed by atoms with Crippen molar-refractivity contribution in [3.63, 3.8) is 0 Å².